The zero-order chi connectivity index (χ0) is 21.3. The highest BCUT2D eigenvalue weighted by Gasteiger charge is 2.22. The molecule has 0 saturated carbocycles. The molecule has 3 aromatic carbocycles. The quantitative estimate of drug-likeness (QED) is 0.470. The fourth-order valence-electron chi connectivity index (χ4n) is 3.71. The van der Waals surface area contributed by atoms with Gasteiger partial charge in [0.1, 0.15) is 5.82 Å². The van der Waals surface area contributed by atoms with Crippen molar-refractivity contribution in [1.29, 1.82) is 0 Å². The molecule has 0 aromatic heterocycles. The van der Waals surface area contributed by atoms with Gasteiger partial charge in [-0.1, -0.05) is 36.4 Å². The SMILES string of the molecule is COc1ccc(-c2ccc(-c3ccc(C4CCC(S)CO4)cc3F)cc2)c(F)c1F. The highest BCUT2D eigenvalue weighted by atomic mass is 32.1. The summed E-state index contributed by atoms with van der Waals surface area (Å²) in [7, 11) is 1.28. The zero-order valence-electron chi connectivity index (χ0n) is 16.4. The summed E-state index contributed by atoms with van der Waals surface area (Å²) < 4.78 is 53.7. The van der Waals surface area contributed by atoms with Gasteiger partial charge in [-0.3, -0.25) is 0 Å². The van der Waals surface area contributed by atoms with Gasteiger partial charge in [-0.25, -0.2) is 8.78 Å². The van der Waals surface area contributed by atoms with Gasteiger partial charge in [-0.2, -0.15) is 17.0 Å². The van der Waals surface area contributed by atoms with Crippen molar-refractivity contribution >= 4 is 12.6 Å². The first-order chi connectivity index (χ1) is 14.5. The molecule has 30 heavy (non-hydrogen) atoms. The Morgan fingerprint density at radius 2 is 1.53 bits per heavy atom. The van der Waals surface area contributed by atoms with Gasteiger partial charge >= 0.3 is 0 Å². The van der Waals surface area contributed by atoms with Gasteiger partial charge in [0.05, 0.1) is 19.8 Å². The molecule has 1 aliphatic rings. The van der Waals surface area contributed by atoms with Gasteiger partial charge in [-0.15, -0.1) is 0 Å². The Morgan fingerprint density at radius 3 is 2.13 bits per heavy atom. The van der Waals surface area contributed by atoms with E-state index in [0.717, 1.165) is 18.4 Å². The average Bonchev–Trinajstić information content (AvgIpc) is 2.76. The minimum absolute atomic E-state index is 0.118. The van der Waals surface area contributed by atoms with Crippen LogP contribution < -0.4 is 4.74 Å². The van der Waals surface area contributed by atoms with E-state index in [9.17, 15) is 13.2 Å². The summed E-state index contributed by atoms with van der Waals surface area (Å²) in [6.07, 6.45) is 1.62. The highest BCUT2D eigenvalue weighted by Crippen LogP contribution is 2.34. The lowest BCUT2D eigenvalue weighted by Gasteiger charge is -2.27. The Kier molecular flexibility index (Phi) is 6.06. The Labute approximate surface area is 179 Å². The molecule has 0 aliphatic carbocycles. The number of hydrogen-bond donors (Lipinski definition) is 1. The molecule has 2 unspecified atom stereocenters. The molecule has 6 heteroatoms. The van der Waals surface area contributed by atoms with Crippen LogP contribution in [0.3, 0.4) is 0 Å². The van der Waals surface area contributed by atoms with Crippen molar-refractivity contribution in [1.82, 2.24) is 0 Å². The van der Waals surface area contributed by atoms with Gasteiger partial charge in [0, 0.05) is 16.4 Å². The lowest BCUT2D eigenvalue weighted by molar-refractivity contribution is 0.0189. The summed E-state index contributed by atoms with van der Waals surface area (Å²) in [5, 5.41) is 0.230. The van der Waals surface area contributed by atoms with Crippen molar-refractivity contribution in [3.05, 3.63) is 77.6 Å². The molecular weight excluding hydrogens is 409 g/mol. The van der Waals surface area contributed by atoms with Crippen molar-refractivity contribution < 1.29 is 22.6 Å². The second-order valence-corrected chi connectivity index (χ2v) is 8.04. The van der Waals surface area contributed by atoms with Crippen LogP contribution in [-0.2, 0) is 4.74 Å². The molecule has 4 rings (SSSR count). The Balaban J connectivity index is 1.58. The van der Waals surface area contributed by atoms with Crippen LogP contribution in [0.1, 0.15) is 24.5 Å². The van der Waals surface area contributed by atoms with Gasteiger partial charge in [0.25, 0.3) is 0 Å². The van der Waals surface area contributed by atoms with E-state index in [0.29, 0.717) is 23.3 Å². The Hall–Kier alpha value is -2.44. The zero-order valence-corrected chi connectivity index (χ0v) is 17.3. The fourth-order valence-corrected chi connectivity index (χ4v) is 3.94. The molecule has 1 aliphatic heterocycles. The molecule has 0 radical (unpaired) electrons. The summed E-state index contributed by atoms with van der Waals surface area (Å²) in [5.41, 5.74) is 2.51. The summed E-state index contributed by atoms with van der Waals surface area (Å²) in [6.45, 7) is 0.557. The number of thiol groups is 1. The molecular formula is C24H21F3O2S. The topological polar surface area (TPSA) is 18.5 Å². The van der Waals surface area contributed by atoms with Crippen molar-refractivity contribution in [2.75, 3.05) is 13.7 Å². The van der Waals surface area contributed by atoms with E-state index in [1.54, 1.807) is 30.3 Å². The number of methoxy groups -OCH3 is 1. The average molecular weight is 430 g/mol. The van der Waals surface area contributed by atoms with Crippen molar-refractivity contribution in [3.8, 4) is 28.0 Å². The molecule has 1 fully saturated rings. The number of ether oxygens (including phenoxy) is 2. The van der Waals surface area contributed by atoms with Gasteiger partial charge in [0.2, 0.25) is 5.82 Å². The summed E-state index contributed by atoms with van der Waals surface area (Å²) in [4.78, 5) is 0. The van der Waals surface area contributed by atoms with Gasteiger partial charge in [0.15, 0.2) is 11.6 Å². The molecule has 156 valence electrons. The first kappa shape index (κ1) is 20.8. The van der Waals surface area contributed by atoms with Crippen LogP contribution in [-0.4, -0.2) is 19.0 Å². The minimum atomic E-state index is -1.03. The van der Waals surface area contributed by atoms with Crippen LogP contribution in [0.2, 0.25) is 0 Å². The maximum Gasteiger partial charge on any atom is 0.201 e. The lowest BCUT2D eigenvalue weighted by Crippen LogP contribution is -2.20. The van der Waals surface area contributed by atoms with E-state index in [1.807, 2.05) is 6.07 Å². The number of halogens is 3. The summed E-state index contributed by atoms with van der Waals surface area (Å²) in [5.74, 6) is -2.51. The van der Waals surface area contributed by atoms with E-state index >= 15 is 0 Å². The van der Waals surface area contributed by atoms with Crippen molar-refractivity contribution in [3.63, 3.8) is 0 Å². The van der Waals surface area contributed by atoms with Crippen LogP contribution in [0, 0.1) is 17.5 Å². The molecule has 3 aromatic rings. The van der Waals surface area contributed by atoms with E-state index in [-0.39, 0.29) is 28.5 Å². The van der Waals surface area contributed by atoms with Gasteiger partial charge in [-0.05, 0) is 47.7 Å². The van der Waals surface area contributed by atoms with Crippen LogP contribution in [0.5, 0.6) is 5.75 Å². The smallest absolute Gasteiger partial charge is 0.201 e. The van der Waals surface area contributed by atoms with Crippen LogP contribution >= 0.6 is 12.6 Å². The Bertz CT molecular complexity index is 1050. The second-order valence-electron chi connectivity index (χ2n) is 7.31. The third kappa shape index (κ3) is 4.07. The summed E-state index contributed by atoms with van der Waals surface area (Å²) in [6, 6.07) is 14.6. The monoisotopic (exact) mass is 430 g/mol. The number of benzene rings is 3. The molecule has 1 saturated heterocycles. The Morgan fingerprint density at radius 1 is 0.867 bits per heavy atom. The molecule has 2 nitrogen and oxygen atoms in total. The lowest BCUT2D eigenvalue weighted by atomic mass is 9.96. The maximum absolute atomic E-state index is 14.8. The summed E-state index contributed by atoms with van der Waals surface area (Å²) >= 11 is 4.41. The van der Waals surface area contributed by atoms with E-state index in [4.69, 9.17) is 9.47 Å². The van der Waals surface area contributed by atoms with Crippen LogP contribution in [0.15, 0.2) is 54.6 Å². The first-order valence-electron chi connectivity index (χ1n) is 9.70. The predicted molar refractivity (Wildman–Crippen MR) is 114 cm³/mol. The maximum atomic E-state index is 14.8. The molecule has 0 bridgehead atoms. The fraction of sp³-hybridized carbons (Fsp3) is 0.250. The van der Waals surface area contributed by atoms with E-state index < -0.39 is 11.6 Å². The van der Waals surface area contributed by atoms with Crippen molar-refractivity contribution in [2.45, 2.75) is 24.2 Å². The van der Waals surface area contributed by atoms with E-state index in [1.165, 1.54) is 25.3 Å². The standard InChI is InChI=1S/C24H21F3O2S/c1-28-22-11-9-19(23(26)24(22)27)15-4-2-14(3-5-15)18-8-6-16(12-20(18)25)21-10-7-17(30)13-29-21/h2-6,8-9,11-12,17,21,30H,7,10,13H2,1H3. The minimum Gasteiger partial charge on any atom is -0.494 e. The van der Waals surface area contributed by atoms with E-state index in [2.05, 4.69) is 12.6 Å². The molecule has 0 amide bonds. The van der Waals surface area contributed by atoms with Crippen molar-refractivity contribution in [2.24, 2.45) is 0 Å². The molecule has 2 atom stereocenters. The first-order valence-corrected chi connectivity index (χ1v) is 10.2. The predicted octanol–water partition coefficient (Wildman–Crippen LogP) is 6.60. The molecule has 0 spiro atoms. The van der Waals surface area contributed by atoms with Crippen LogP contribution in [0.25, 0.3) is 22.3 Å². The largest absolute Gasteiger partial charge is 0.494 e. The third-order valence-electron chi connectivity index (χ3n) is 5.39. The second kappa shape index (κ2) is 8.74. The van der Waals surface area contributed by atoms with Crippen LogP contribution in [0.4, 0.5) is 13.2 Å². The van der Waals surface area contributed by atoms with Gasteiger partial charge < -0.3 is 9.47 Å². The normalized spacial score (nSPS) is 19.0. The number of hydrogen-bond acceptors (Lipinski definition) is 3. The molecule has 0 N–H and O–H groups in total. The number of rotatable bonds is 4. The molecule has 1 heterocycles. The third-order valence-corrected chi connectivity index (χ3v) is 5.80. The highest BCUT2D eigenvalue weighted by molar-refractivity contribution is 7.81.